The molecule has 2 aliphatic rings. The van der Waals surface area contributed by atoms with Gasteiger partial charge in [-0.25, -0.2) is 14.2 Å². The highest BCUT2D eigenvalue weighted by atomic mass is 19.1. The van der Waals surface area contributed by atoms with Crippen molar-refractivity contribution in [1.82, 2.24) is 34.7 Å². The Balaban J connectivity index is 1.36. The maximum atomic E-state index is 14.6. The van der Waals surface area contributed by atoms with Gasteiger partial charge in [-0.05, 0) is 81.1 Å². The number of piperidine rings is 1. The highest BCUT2D eigenvalue weighted by molar-refractivity contribution is 5.60. The minimum absolute atomic E-state index is 0.0678. The summed E-state index contributed by atoms with van der Waals surface area (Å²) in [6.45, 7) is 7.55. The molecule has 2 fully saturated rings. The highest BCUT2D eigenvalue weighted by Crippen LogP contribution is 2.38. The lowest BCUT2D eigenvalue weighted by Gasteiger charge is -2.47. The monoisotopic (exact) mass is 467 g/mol. The molecule has 0 saturated carbocycles. The van der Waals surface area contributed by atoms with E-state index >= 15 is 0 Å². The van der Waals surface area contributed by atoms with Gasteiger partial charge < -0.3 is 10.6 Å². The van der Waals surface area contributed by atoms with Crippen LogP contribution in [0.2, 0.25) is 0 Å². The number of halogens is 1. The lowest BCUT2D eigenvalue weighted by atomic mass is 9.84. The van der Waals surface area contributed by atoms with Crippen LogP contribution >= 0.6 is 0 Å². The maximum Gasteiger partial charge on any atom is 0.368 e. The molecule has 34 heavy (non-hydrogen) atoms. The number of hydrogen-bond donors (Lipinski definition) is 2. The molecule has 5 rings (SSSR count). The van der Waals surface area contributed by atoms with Gasteiger partial charge in [-0.3, -0.25) is 4.90 Å². The molecule has 2 atom stereocenters. The molecule has 11 heteroatoms. The Hall–Kier alpha value is -3.34. The largest absolute Gasteiger partial charge is 0.368 e. The fourth-order valence-corrected chi connectivity index (χ4v) is 5.35. The van der Waals surface area contributed by atoms with E-state index in [0.717, 1.165) is 29.6 Å². The van der Waals surface area contributed by atoms with E-state index in [1.54, 1.807) is 13.1 Å². The Morgan fingerprint density at radius 2 is 2.06 bits per heavy atom. The Bertz CT molecular complexity index is 1270. The van der Waals surface area contributed by atoms with Gasteiger partial charge >= 0.3 is 5.69 Å². The quantitative estimate of drug-likeness (QED) is 0.590. The Morgan fingerprint density at radius 1 is 1.24 bits per heavy atom. The third-order valence-electron chi connectivity index (χ3n) is 6.96. The third kappa shape index (κ3) is 4.15. The van der Waals surface area contributed by atoms with Crippen LogP contribution in [0.5, 0.6) is 0 Å². The first-order valence-corrected chi connectivity index (χ1v) is 11.6. The molecule has 0 bridgehead atoms. The number of rotatable bonds is 5. The smallest absolute Gasteiger partial charge is 0.365 e. The third-order valence-corrected chi connectivity index (χ3v) is 6.96. The Labute approximate surface area is 197 Å². The maximum absolute atomic E-state index is 14.6. The van der Waals surface area contributed by atoms with Crippen LogP contribution in [0.3, 0.4) is 0 Å². The van der Waals surface area contributed by atoms with Crippen LogP contribution in [-0.4, -0.2) is 58.8 Å². The second kappa shape index (κ2) is 8.46. The fraction of sp³-hybridized carbons (Fsp3) is 0.522. The standard InChI is InChI=1S/C23H30FN9O/c1-14-7-8-15(11-19(14)33-22(34)31(4)29-30-33)27-21-25-13-18(24)20(28-21)26-16-10-17-6-5-9-32(17)23(2,3)12-16/h7-8,11,13,16-17H,5-6,9-10,12H2,1-4H3,(H2,25,26,27,28)/t16-,17-/m1/s1. The summed E-state index contributed by atoms with van der Waals surface area (Å²) in [6, 6.07) is 6.14. The molecule has 2 aliphatic heterocycles. The zero-order chi connectivity index (χ0) is 24.0. The molecule has 2 aromatic heterocycles. The van der Waals surface area contributed by atoms with Crippen molar-refractivity contribution in [2.24, 2.45) is 7.05 Å². The lowest BCUT2D eigenvalue weighted by molar-refractivity contribution is 0.0500. The van der Waals surface area contributed by atoms with E-state index in [4.69, 9.17) is 0 Å². The summed E-state index contributed by atoms with van der Waals surface area (Å²) in [5, 5.41) is 14.1. The SMILES string of the molecule is Cc1ccc(Nc2ncc(F)c(N[C@@H]3C[C@H]4CCCN4C(C)(C)C3)n2)cc1-n1nnn(C)c1=O. The molecule has 2 saturated heterocycles. The normalized spacial score (nSPS) is 21.9. The van der Waals surface area contributed by atoms with Gasteiger partial charge in [0.2, 0.25) is 5.95 Å². The van der Waals surface area contributed by atoms with E-state index in [0.29, 0.717) is 17.4 Å². The zero-order valence-corrected chi connectivity index (χ0v) is 19.9. The average molecular weight is 468 g/mol. The number of anilines is 3. The van der Waals surface area contributed by atoms with Gasteiger partial charge in [0.1, 0.15) is 0 Å². The van der Waals surface area contributed by atoms with Gasteiger partial charge in [-0.15, -0.1) is 0 Å². The number of aromatic nitrogens is 6. The molecule has 1 aromatic carbocycles. The van der Waals surface area contributed by atoms with Gasteiger partial charge in [-0.2, -0.15) is 14.3 Å². The number of benzene rings is 1. The summed E-state index contributed by atoms with van der Waals surface area (Å²) in [5.41, 5.74) is 1.82. The first-order valence-electron chi connectivity index (χ1n) is 11.6. The molecule has 0 aliphatic carbocycles. The molecule has 0 amide bonds. The summed E-state index contributed by atoms with van der Waals surface area (Å²) >= 11 is 0. The minimum Gasteiger partial charge on any atom is -0.365 e. The van der Waals surface area contributed by atoms with Crippen molar-refractivity contribution in [3.8, 4) is 5.69 Å². The van der Waals surface area contributed by atoms with Crippen molar-refractivity contribution in [2.75, 3.05) is 17.2 Å². The van der Waals surface area contributed by atoms with E-state index < -0.39 is 5.82 Å². The van der Waals surface area contributed by atoms with Gasteiger partial charge in [-0.1, -0.05) is 6.07 Å². The van der Waals surface area contributed by atoms with E-state index in [2.05, 4.69) is 49.8 Å². The van der Waals surface area contributed by atoms with Crippen molar-refractivity contribution in [2.45, 2.75) is 64.1 Å². The van der Waals surface area contributed by atoms with Gasteiger partial charge in [0.05, 0.1) is 11.9 Å². The Morgan fingerprint density at radius 3 is 2.82 bits per heavy atom. The second-order valence-corrected chi connectivity index (χ2v) is 9.90. The van der Waals surface area contributed by atoms with Crippen LogP contribution in [-0.2, 0) is 7.05 Å². The number of fused-ring (bicyclic) bond motifs is 1. The lowest BCUT2D eigenvalue weighted by Crippen LogP contribution is -2.55. The van der Waals surface area contributed by atoms with Gasteiger partial charge in [0.15, 0.2) is 11.6 Å². The van der Waals surface area contributed by atoms with Crippen LogP contribution in [0.1, 0.15) is 45.1 Å². The van der Waals surface area contributed by atoms with Crippen LogP contribution in [0.15, 0.2) is 29.2 Å². The number of nitrogens with zero attached hydrogens (tertiary/aromatic N) is 7. The molecule has 0 unspecified atom stereocenters. The van der Waals surface area contributed by atoms with Crippen molar-refractivity contribution < 1.29 is 4.39 Å². The van der Waals surface area contributed by atoms with Crippen molar-refractivity contribution in [3.63, 3.8) is 0 Å². The molecular formula is C23H30FN9O. The van der Waals surface area contributed by atoms with Crippen LogP contribution in [0.4, 0.5) is 21.8 Å². The zero-order valence-electron chi connectivity index (χ0n) is 19.9. The summed E-state index contributed by atoms with van der Waals surface area (Å²) in [5.74, 6) is -0.0158. The number of aryl methyl sites for hydroxylation is 2. The van der Waals surface area contributed by atoms with Crippen molar-refractivity contribution in [1.29, 1.82) is 0 Å². The first kappa shape index (κ1) is 22.5. The molecule has 180 valence electrons. The minimum atomic E-state index is -0.479. The molecular weight excluding hydrogens is 437 g/mol. The molecule has 0 radical (unpaired) electrons. The highest BCUT2D eigenvalue weighted by Gasteiger charge is 2.43. The summed E-state index contributed by atoms with van der Waals surface area (Å²) < 4.78 is 17.0. The van der Waals surface area contributed by atoms with E-state index in [1.807, 2.05) is 19.1 Å². The molecule has 4 heterocycles. The van der Waals surface area contributed by atoms with Crippen LogP contribution in [0.25, 0.3) is 5.69 Å². The average Bonchev–Trinajstić information content (AvgIpc) is 3.39. The molecule has 2 N–H and O–H groups in total. The van der Waals surface area contributed by atoms with Gasteiger partial charge in [0, 0.05) is 30.4 Å². The van der Waals surface area contributed by atoms with Gasteiger partial charge in [0.25, 0.3) is 0 Å². The van der Waals surface area contributed by atoms with Crippen LogP contribution < -0.4 is 16.3 Å². The fourth-order valence-electron chi connectivity index (χ4n) is 5.35. The molecule has 3 aromatic rings. The molecule has 0 spiro atoms. The number of nitrogens with one attached hydrogen (secondary N) is 2. The first-order chi connectivity index (χ1) is 16.2. The summed E-state index contributed by atoms with van der Waals surface area (Å²) in [6.07, 6.45) is 5.48. The second-order valence-electron chi connectivity index (χ2n) is 9.90. The molecule has 10 nitrogen and oxygen atoms in total. The topological polar surface area (TPSA) is 106 Å². The summed E-state index contributed by atoms with van der Waals surface area (Å²) in [7, 11) is 1.54. The number of tetrazole rings is 1. The number of hydrogen-bond acceptors (Lipinski definition) is 8. The summed E-state index contributed by atoms with van der Waals surface area (Å²) in [4.78, 5) is 23.4. The van der Waals surface area contributed by atoms with Crippen molar-refractivity contribution >= 4 is 17.5 Å². The Kier molecular flexibility index (Phi) is 5.59. The van der Waals surface area contributed by atoms with E-state index in [9.17, 15) is 9.18 Å². The van der Waals surface area contributed by atoms with E-state index in [1.165, 1.54) is 23.7 Å². The predicted octanol–water partition coefficient (Wildman–Crippen LogP) is 2.76. The predicted molar refractivity (Wildman–Crippen MR) is 127 cm³/mol. The van der Waals surface area contributed by atoms with Crippen molar-refractivity contribution in [3.05, 3.63) is 46.3 Å². The van der Waals surface area contributed by atoms with Crippen LogP contribution in [0, 0.1) is 12.7 Å². The van der Waals surface area contributed by atoms with E-state index in [-0.39, 0.29) is 29.0 Å².